The highest BCUT2D eigenvalue weighted by Gasteiger charge is 2.18. The van der Waals surface area contributed by atoms with Crippen molar-refractivity contribution in [3.63, 3.8) is 0 Å². The van der Waals surface area contributed by atoms with Crippen molar-refractivity contribution < 1.29 is 13.2 Å². The van der Waals surface area contributed by atoms with Crippen molar-refractivity contribution in [2.75, 3.05) is 7.11 Å². The maximum atomic E-state index is 11.6. The van der Waals surface area contributed by atoms with Crippen LogP contribution in [0.15, 0.2) is 39.7 Å². The van der Waals surface area contributed by atoms with Crippen LogP contribution in [0.2, 0.25) is 10.0 Å². The quantitative estimate of drug-likeness (QED) is 0.603. The average Bonchev–Trinajstić information content (AvgIpc) is 2.41. The molecular weight excluding hydrogens is 434 g/mol. The molecule has 0 unspecified atom stereocenters. The van der Waals surface area contributed by atoms with Crippen molar-refractivity contribution in [1.82, 2.24) is 0 Å². The molecule has 2 aromatic rings. The van der Waals surface area contributed by atoms with Crippen LogP contribution in [0.4, 0.5) is 0 Å². The Morgan fingerprint density at radius 1 is 1.14 bits per heavy atom. The summed E-state index contributed by atoms with van der Waals surface area (Å²) in [7, 11) is 2.90. The molecule has 3 nitrogen and oxygen atoms in total. The molecule has 0 atom stereocenters. The minimum Gasteiger partial charge on any atom is -0.495 e. The second-order valence-electron chi connectivity index (χ2n) is 4.45. The second kappa shape index (κ2) is 6.97. The van der Waals surface area contributed by atoms with Gasteiger partial charge >= 0.3 is 0 Å². The highest BCUT2D eigenvalue weighted by atomic mass is 79.9. The zero-order chi connectivity index (χ0) is 16.5. The SMILES string of the molecule is COc1ccc(Cc2c(Cl)cc(Br)cc2Cl)cc1S(=O)(=O)Cl. The standard InChI is InChI=1S/C14H10BrCl3O3S/c1-21-13-3-2-8(5-14(13)22(18,19)20)4-10-11(16)6-9(15)7-12(10)17/h2-3,5-7H,4H2,1H3. The van der Waals surface area contributed by atoms with Gasteiger partial charge in [0.25, 0.3) is 9.05 Å². The summed E-state index contributed by atoms with van der Waals surface area (Å²) >= 11 is 15.7. The van der Waals surface area contributed by atoms with Gasteiger partial charge in [-0.1, -0.05) is 45.2 Å². The Bertz CT molecular complexity index is 799. The molecule has 2 rings (SSSR count). The van der Waals surface area contributed by atoms with Crippen molar-refractivity contribution >= 4 is 58.9 Å². The van der Waals surface area contributed by atoms with Crippen molar-refractivity contribution in [2.45, 2.75) is 11.3 Å². The predicted molar refractivity (Wildman–Crippen MR) is 93.0 cm³/mol. The molecule has 0 N–H and O–H groups in total. The fourth-order valence-electron chi connectivity index (χ4n) is 1.97. The lowest BCUT2D eigenvalue weighted by molar-refractivity contribution is 0.403. The van der Waals surface area contributed by atoms with Gasteiger partial charge in [0.05, 0.1) is 7.11 Å². The minimum atomic E-state index is -3.91. The summed E-state index contributed by atoms with van der Waals surface area (Å²) in [5, 5.41) is 0.982. The first-order valence-corrected chi connectivity index (χ1v) is 9.83. The molecule has 0 heterocycles. The largest absolute Gasteiger partial charge is 0.495 e. The van der Waals surface area contributed by atoms with Gasteiger partial charge < -0.3 is 4.74 Å². The zero-order valence-corrected chi connectivity index (χ0v) is 15.9. The Kier molecular flexibility index (Phi) is 5.67. The number of methoxy groups -OCH3 is 1. The van der Waals surface area contributed by atoms with E-state index >= 15 is 0 Å². The Morgan fingerprint density at radius 2 is 1.73 bits per heavy atom. The highest BCUT2D eigenvalue weighted by molar-refractivity contribution is 9.10. The normalized spacial score (nSPS) is 11.5. The van der Waals surface area contributed by atoms with Crippen LogP contribution in [0.5, 0.6) is 5.75 Å². The van der Waals surface area contributed by atoms with Crippen LogP contribution >= 0.6 is 49.8 Å². The van der Waals surface area contributed by atoms with Gasteiger partial charge in [0.2, 0.25) is 0 Å². The number of hydrogen-bond acceptors (Lipinski definition) is 3. The summed E-state index contributed by atoms with van der Waals surface area (Å²) in [5.74, 6) is 0.187. The van der Waals surface area contributed by atoms with E-state index in [2.05, 4.69) is 15.9 Å². The van der Waals surface area contributed by atoms with Gasteiger partial charge in [0.1, 0.15) is 10.6 Å². The van der Waals surface area contributed by atoms with Crippen LogP contribution in [-0.2, 0) is 15.5 Å². The molecule has 118 valence electrons. The first-order chi connectivity index (χ1) is 10.2. The monoisotopic (exact) mass is 442 g/mol. The maximum Gasteiger partial charge on any atom is 0.264 e. The summed E-state index contributed by atoms with van der Waals surface area (Å²) in [4.78, 5) is -0.0847. The molecule has 0 radical (unpaired) electrons. The van der Waals surface area contributed by atoms with Crippen LogP contribution < -0.4 is 4.74 Å². The van der Waals surface area contributed by atoms with Gasteiger partial charge in [-0.05, 0) is 35.4 Å². The van der Waals surface area contributed by atoms with E-state index in [0.717, 1.165) is 4.47 Å². The topological polar surface area (TPSA) is 43.4 Å². The smallest absolute Gasteiger partial charge is 0.264 e. The summed E-state index contributed by atoms with van der Waals surface area (Å²) in [5.41, 5.74) is 1.40. The third kappa shape index (κ3) is 4.09. The number of halogens is 4. The Hall–Kier alpha value is -0.460. The van der Waals surface area contributed by atoms with E-state index in [1.165, 1.54) is 13.2 Å². The molecule has 0 saturated carbocycles. The molecule has 0 amide bonds. The molecule has 2 aromatic carbocycles. The summed E-state index contributed by atoms with van der Waals surface area (Å²) in [6, 6.07) is 8.19. The van der Waals surface area contributed by atoms with Gasteiger partial charge in [0, 0.05) is 31.6 Å². The number of ether oxygens (including phenoxy) is 1. The van der Waals surface area contributed by atoms with Gasteiger partial charge in [-0.2, -0.15) is 0 Å². The lowest BCUT2D eigenvalue weighted by Gasteiger charge is -2.11. The number of rotatable bonds is 4. The highest BCUT2D eigenvalue weighted by Crippen LogP contribution is 2.33. The maximum absolute atomic E-state index is 11.6. The Labute approximate surface area is 151 Å². The van der Waals surface area contributed by atoms with E-state index in [1.807, 2.05) is 0 Å². The van der Waals surface area contributed by atoms with Crippen molar-refractivity contribution in [2.24, 2.45) is 0 Å². The van der Waals surface area contributed by atoms with E-state index in [4.69, 9.17) is 38.6 Å². The van der Waals surface area contributed by atoms with Crippen LogP contribution in [-0.4, -0.2) is 15.5 Å². The van der Waals surface area contributed by atoms with Crippen LogP contribution in [0.1, 0.15) is 11.1 Å². The zero-order valence-electron chi connectivity index (χ0n) is 11.2. The lowest BCUT2D eigenvalue weighted by atomic mass is 10.0. The van der Waals surface area contributed by atoms with Gasteiger partial charge in [-0.15, -0.1) is 0 Å². The summed E-state index contributed by atoms with van der Waals surface area (Å²) in [6.45, 7) is 0. The van der Waals surface area contributed by atoms with Crippen LogP contribution in [0.25, 0.3) is 0 Å². The summed E-state index contributed by atoms with van der Waals surface area (Å²) in [6.07, 6.45) is 0.369. The molecule has 22 heavy (non-hydrogen) atoms. The van der Waals surface area contributed by atoms with Gasteiger partial charge in [-0.25, -0.2) is 8.42 Å². The third-order valence-electron chi connectivity index (χ3n) is 2.98. The molecule has 0 spiro atoms. The first kappa shape index (κ1) is 17.9. The molecule has 8 heteroatoms. The average molecular weight is 445 g/mol. The molecule has 0 aliphatic rings. The molecule has 0 fully saturated rings. The van der Waals surface area contributed by atoms with E-state index in [9.17, 15) is 8.42 Å². The van der Waals surface area contributed by atoms with Gasteiger partial charge in [-0.3, -0.25) is 0 Å². The third-order valence-corrected chi connectivity index (χ3v) is 5.45. The van der Waals surface area contributed by atoms with Gasteiger partial charge in [0.15, 0.2) is 0 Å². The van der Waals surface area contributed by atoms with E-state index in [0.29, 0.717) is 27.6 Å². The molecule has 0 aliphatic carbocycles. The van der Waals surface area contributed by atoms with Crippen LogP contribution in [0.3, 0.4) is 0 Å². The van der Waals surface area contributed by atoms with Crippen molar-refractivity contribution in [1.29, 1.82) is 0 Å². The number of benzene rings is 2. The fourth-order valence-corrected chi connectivity index (χ4v) is 4.35. The fraction of sp³-hybridized carbons (Fsp3) is 0.143. The molecular formula is C14H10BrCl3O3S. The predicted octanol–water partition coefficient (Wildman–Crippen LogP) is 5.28. The van der Waals surface area contributed by atoms with E-state index < -0.39 is 9.05 Å². The first-order valence-electron chi connectivity index (χ1n) is 5.97. The minimum absolute atomic E-state index is 0.0847. The lowest BCUT2D eigenvalue weighted by Crippen LogP contribution is -1.99. The Morgan fingerprint density at radius 3 is 2.23 bits per heavy atom. The van der Waals surface area contributed by atoms with Crippen molar-refractivity contribution in [3.05, 3.63) is 56.0 Å². The molecule has 0 aliphatic heterocycles. The number of hydrogen-bond donors (Lipinski definition) is 0. The van der Waals surface area contributed by atoms with E-state index in [1.54, 1.807) is 24.3 Å². The summed E-state index contributed by atoms with van der Waals surface area (Å²) < 4.78 is 29.0. The van der Waals surface area contributed by atoms with Crippen LogP contribution in [0, 0.1) is 0 Å². The van der Waals surface area contributed by atoms with Crippen molar-refractivity contribution in [3.8, 4) is 5.75 Å². The molecule has 0 bridgehead atoms. The second-order valence-corrected chi connectivity index (χ2v) is 8.71. The molecule has 0 aromatic heterocycles. The Balaban J connectivity index is 2.48. The van der Waals surface area contributed by atoms with E-state index in [-0.39, 0.29) is 10.6 Å². The molecule has 0 saturated heterocycles.